The van der Waals surface area contributed by atoms with Crippen molar-refractivity contribution in [2.24, 2.45) is 0 Å². The van der Waals surface area contributed by atoms with E-state index in [4.69, 9.17) is 16.3 Å². The van der Waals surface area contributed by atoms with Gasteiger partial charge in [0.05, 0.1) is 17.1 Å². The Kier molecular flexibility index (Phi) is 3.01. The van der Waals surface area contributed by atoms with Gasteiger partial charge in [0.1, 0.15) is 17.2 Å². The van der Waals surface area contributed by atoms with Crippen LogP contribution >= 0.6 is 11.6 Å². The fourth-order valence-electron chi connectivity index (χ4n) is 1.86. The third-order valence-electron chi connectivity index (χ3n) is 2.75. The molecule has 0 saturated carbocycles. The first-order chi connectivity index (χ1) is 9.24. The lowest BCUT2D eigenvalue weighted by atomic mass is 10.1. The fraction of sp³-hybridized carbons (Fsp3) is 0.0714. The topological polar surface area (TPSA) is 47.9 Å². The largest absolute Gasteiger partial charge is 0.437 e. The molecule has 0 saturated heterocycles. The summed E-state index contributed by atoms with van der Waals surface area (Å²) < 4.78 is 5.76. The fourth-order valence-corrected chi connectivity index (χ4v) is 1.97. The van der Waals surface area contributed by atoms with Crippen LogP contribution in [-0.2, 0) is 0 Å². The average Bonchev–Trinajstić information content (AvgIpc) is 2.42. The zero-order chi connectivity index (χ0) is 13.2. The monoisotopic (exact) mass is 271 g/mol. The van der Waals surface area contributed by atoms with Gasteiger partial charge in [0.2, 0.25) is 5.88 Å². The van der Waals surface area contributed by atoms with E-state index < -0.39 is 0 Å². The van der Waals surface area contributed by atoms with Crippen molar-refractivity contribution in [1.29, 1.82) is 0 Å². The predicted octanol–water partition coefficient (Wildman–Crippen LogP) is 3.78. The van der Waals surface area contributed by atoms with Gasteiger partial charge in [-0.15, -0.1) is 0 Å². The standard InChI is InChI=1S/C14H10ClN3O/c1-9-3-2-4-11-13(9)14(18-8-17-11)19-10-5-6-12(15)16-7-10/h2-8H,1H3. The van der Waals surface area contributed by atoms with Gasteiger partial charge in [-0.2, -0.15) is 0 Å². The van der Waals surface area contributed by atoms with Gasteiger partial charge in [-0.3, -0.25) is 0 Å². The molecule has 0 atom stereocenters. The Labute approximate surface area is 115 Å². The summed E-state index contributed by atoms with van der Waals surface area (Å²) in [6.07, 6.45) is 3.05. The van der Waals surface area contributed by atoms with Gasteiger partial charge in [0, 0.05) is 0 Å². The molecule has 3 aromatic rings. The molecule has 5 heteroatoms. The molecule has 0 aliphatic rings. The number of aryl methyl sites for hydroxylation is 1. The molecule has 94 valence electrons. The molecule has 0 fully saturated rings. The van der Waals surface area contributed by atoms with E-state index in [-0.39, 0.29) is 0 Å². The molecular formula is C14H10ClN3O. The summed E-state index contributed by atoms with van der Waals surface area (Å²) in [6.45, 7) is 2.00. The van der Waals surface area contributed by atoms with E-state index >= 15 is 0 Å². The second kappa shape index (κ2) is 4.82. The number of pyridine rings is 1. The summed E-state index contributed by atoms with van der Waals surface area (Å²) in [7, 11) is 0. The van der Waals surface area contributed by atoms with Gasteiger partial charge < -0.3 is 4.74 Å². The van der Waals surface area contributed by atoms with Crippen LogP contribution in [0.25, 0.3) is 10.9 Å². The average molecular weight is 272 g/mol. The minimum absolute atomic E-state index is 0.427. The molecule has 0 bridgehead atoms. The first-order valence-electron chi connectivity index (χ1n) is 5.74. The van der Waals surface area contributed by atoms with Crippen molar-refractivity contribution in [3.63, 3.8) is 0 Å². The van der Waals surface area contributed by atoms with Crippen LogP contribution in [0.2, 0.25) is 5.15 Å². The Bertz CT molecular complexity index is 723. The molecule has 2 heterocycles. The highest BCUT2D eigenvalue weighted by Crippen LogP contribution is 2.28. The van der Waals surface area contributed by atoms with Crippen molar-refractivity contribution in [3.05, 3.63) is 53.6 Å². The zero-order valence-corrected chi connectivity index (χ0v) is 10.9. The first kappa shape index (κ1) is 11.9. The third kappa shape index (κ3) is 2.35. The van der Waals surface area contributed by atoms with Crippen LogP contribution in [0.3, 0.4) is 0 Å². The highest BCUT2D eigenvalue weighted by atomic mass is 35.5. The van der Waals surface area contributed by atoms with Crippen LogP contribution in [0.5, 0.6) is 11.6 Å². The van der Waals surface area contributed by atoms with Gasteiger partial charge in [0.25, 0.3) is 0 Å². The van der Waals surface area contributed by atoms with Crippen molar-refractivity contribution in [1.82, 2.24) is 15.0 Å². The van der Waals surface area contributed by atoms with E-state index in [0.29, 0.717) is 16.8 Å². The summed E-state index contributed by atoms with van der Waals surface area (Å²) in [6, 6.07) is 9.31. The number of fused-ring (bicyclic) bond motifs is 1. The lowest BCUT2D eigenvalue weighted by Crippen LogP contribution is -1.93. The molecule has 0 unspecified atom stereocenters. The molecule has 2 aromatic heterocycles. The lowest BCUT2D eigenvalue weighted by Gasteiger charge is -2.08. The number of hydrogen-bond donors (Lipinski definition) is 0. The highest BCUT2D eigenvalue weighted by molar-refractivity contribution is 6.29. The molecule has 19 heavy (non-hydrogen) atoms. The third-order valence-corrected chi connectivity index (χ3v) is 2.97. The van der Waals surface area contributed by atoms with Crippen molar-refractivity contribution in [3.8, 4) is 11.6 Å². The number of nitrogens with zero attached hydrogens (tertiary/aromatic N) is 3. The van der Waals surface area contributed by atoms with Gasteiger partial charge in [-0.25, -0.2) is 15.0 Å². The van der Waals surface area contributed by atoms with Gasteiger partial charge >= 0.3 is 0 Å². The Morgan fingerprint density at radius 3 is 2.74 bits per heavy atom. The number of hydrogen-bond acceptors (Lipinski definition) is 4. The predicted molar refractivity (Wildman–Crippen MR) is 73.6 cm³/mol. The van der Waals surface area contributed by atoms with Crippen molar-refractivity contribution in [2.45, 2.75) is 6.92 Å². The lowest BCUT2D eigenvalue weighted by molar-refractivity contribution is 0.466. The number of halogens is 1. The molecule has 3 rings (SSSR count). The molecule has 1 aromatic carbocycles. The van der Waals surface area contributed by atoms with Crippen LogP contribution in [0, 0.1) is 6.92 Å². The summed E-state index contributed by atoms with van der Waals surface area (Å²) in [5, 5.41) is 1.33. The van der Waals surface area contributed by atoms with E-state index in [2.05, 4.69) is 15.0 Å². The van der Waals surface area contributed by atoms with Crippen LogP contribution in [0.4, 0.5) is 0 Å². The van der Waals surface area contributed by atoms with Gasteiger partial charge in [0.15, 0.2) is 0 Å². The molecule has 0 spiro atoms. The minimum atomic E-state index is 0.427. The zero-order valence-electron chi connectivity index (χ0n) is 10.2. The molecule has 0 radical (unpaired) electrons. The Morgan fingerprint density at radius 2 is 1.95 bits per heavy atom. The van der Waals surface area contributed by atoms with E-state index in [1.165, 1.54) is 6.33 Å². The molecule has 0 N–H and O–H groups in total. The summed E-state index contributed by atoms with van der Waals surface area (Å²) in [5.74, 6) is 1.11. The Morgan fingerprint density at radius 1 is 1.05 bits per heavy atom. The maximum Gasteiger partial charge on any atom is 0.230 e. The number of ether oxygens (including phenoxy) is 1. The Balaban J connectivity index is 2.08. The summed E-state index contributed by atoms with van der Waals surface area (Å²) in [5.41, 5.74) is 1.92. The minimum Gasteiger partial charge on any atom is -0.437 e. The number of rotatable bonds is 2. The summed E-state index contributed by atoms with van der Waals surface area (Å²) in [4.78, 5) is 12.4. The van der Waals surface area contributed by atoms with Gasteiger partial charge in [-0.1, -0.05) is 23.7 Å². The van der Waals surface area contributed by atoms with E-state index in [1.807, 2.05) is 25.1 Å². The SMILES string of the molecule is Cc1cccc2ncnc(Oc3ccc(Cl)nc3)c12. The summed E-state index contributed by atoms with van der Waals surface area (Å²) >= 11 is 5.74. The van der Waals surface area contributed by atoms with Crippen LogP contribution in [0.15, 0.2) is 42.9 Å². The Hall–Kier alpha value is -2.20. The normalized spacial score (nSPS) is 10.6. The number of aromatic nitrogens is 3. The molecular weight excluding hydrogens is 262 g/mol. The molecule has 0 aliphatic heterocycles. The van der Waals surface area contributed by atoms with Crippen LogP contribution in [0.1, 0.15) is 5.56 Å². The quantitative estimate of drug-likeness (QED) is 0.666. The molecule has 0 amide bonds. The van der Waals surface area contributed by atoms with Crippen LogP contribution < -0.4 is 4.74 Å². The van der Waals surface area contributed by atoms with Crippen LogP contribution in [-0.4, -0.2) is 15.0 Å². The van der Waals surface area contributed by atoms with Gasteiger partial charge in [-0.05, 0) is 30.7 Å². The van der Waals surface area contributed by atoms with E-state index in [9.17, 15) is 0 Å². The molecule has 4 nitrogen and oxygen atoms in total. The maximum absolute atomic E-state index is 5.76. The van der Waals surface area contributed by atoms with E-state index in [1.54, 1.807) is 18.3 Å². The highest BCUT2D eigenvalue weighted by Gasteiger charge is 2.08. The second-order valence-electron chi connectivity index (χ2n) is 4.07. The smallest absolute Gasteiger partial charge is 0.230 e. The number of benzene rings is 1. The first-order valence-corrected chi connectivity index (χ1v) is 6.11. The van der Waals surface area contributed by atoms with E-state index in [0.717, 1.165) is 16.5 Å². The van der Waals surface area contributed by atoms with Crippen molar-refractivity contribution < 1.29 is 4.74 Å². The van der Waals surface area contributed by atoms with Crippen molar-refractivity contribution in [2.75, 3.05) is 0 Å². The second-order valence-corrected chi connectivity index (χ2v) is 4.45. The molecule has 0 aliphatic carbocycles. The van der Waals surface area contributed by atoms with Crippen molar-refractivity contribution >= 4 is 22.5 Å². The maximum atomic E-state index is 5.76.